The number of nitrogens with one attached hydrogen (secondary N) is 2. The second kappa shape index (κ2) is 11.6. The van der Waals surface area contributed by atoms with Crippen LogP contribution in [0.5, 0.6) is 5.75 Å². The zero-order valence-electron chi connectivity index (χ0n) is 18.0. The van der Waals surface area contributed by atoms with Gasteiger partial charge in [-0.2, -0.15) is 4.98 Å². The van der Waals surface area contributed by atoms with Crippen molar-refractivity contribution in [2.75, 3.05) is 40.0 Å². The first kappa shape index (κ1) is 23.7. The average Bonchev–Trinajstić information content (AvgIpc) is 3.14. The van der Waals surface area contributed by atoms with Crippen LogP contribution in [0.25, 0.3) is 11.4 Å². The predicted octanol–water partition coefficient (Wildman–Crippen LogP) is 3.48. The standard InChI is InChI=1S/C21H30ClN5O3S/c1-3-30-12-4-9-23-20(28)15-7-10-26(11-8-15)14-27-21(31)24-19(25-27)17-13-16(22)5-6-18(17)29-2/h5-6,13,15H,3-4,7-12,14H2,1-2H3,(H,23,28)(H,24,25,31). The number of hydrogen-bond donors (Lipinski definition) is 2. The molecule has 0 bridgehead atoms. The molecule has 2 heterocycles. The van der Waals surface area contributed by atoms with Crippen molar-refractivity contribution in [3.63, 3.8) is 0 Å². The predicted molar refractivity (Wildman–Crippen MR) is 123 cm³/mol. The maximum atomic E-state index is 12.4. The fraction of sp³-hybridized carbons (Fsp3) is 0.571. The summed E-state index contributed by atoms with van der Waals surface area (Å²) in [6.07, 6.45) is 2.50. The summed E-state index contributed by atoms with van der Waals surface area (Å²) in [6.45, 7) is 6.28. The van der Waals surface area contributed by atoms with Crippen molar-refractivity contribution in [2.45, 2.75) is 32.9 Å². The molecule has 0 aliphatic carbocycles. The lowest BCUT2D eigenvalue weighted by Crippen LogP contribution is -2.41. The summed E-state index contributed by atoms with van der Waals surface area (Å²) >= 11 is 11.6. The fourth-order valence-electron chi connectivity index (χ4n) is 3.65. The van der Waals surface area contributed by atoms with E-state index in [4.69, 9.17) is 33.3 Å². The zero-order valence-corrected chi connectivity index (χ0v) is 19.6. The largest absolute Gasteiger partial charge is 0.496 e. The van der Waals surface area contributed by atoms with Crippen LogP contribution in [0, 0.1) is 10.7 Å². The number of carbonyl (C=O) groups is 1. The molecular formula is C21H30ClN5O3S. The first-order valence-corrected chi connectivity index (χ1v) is 11.4. The molecule has 1 fully saturated rings. The Morgan fingerprint density at radius 2 is 2.16 bits per heavy atom. The lowest BCUT2D eigenvalue weighted by molar-refractivity contribution is -0.126. The molecule has 31 heavy (non-hydrogen) atoms. The highest BCUT2D eigenvalue weighted by Gasteiger charge is 2.25. The third-order valence-electron chi connectivity index (χ3n) is 5.36. The Bertz CT molecular complexity index is 924. The van der Waals surface area contributed by atoms with Crippen LogP contribution >= 0.6 is 23.8 Å². The number of aromatic nitrogens is 3. The van der Waals surface area contributed by atoms with Crippen LogP contribution < -0.4 is 10.1 Å². The number of H-pyrrole nitrogens is 1. The van der Waals surface area contributed by atoms with Gasteiger partial charge in [0.2, 0.25) is 10.7 Å². The first-order chi connectivity index (χ1) is 15.0. The van der Waals surface area contributed by atoms with Crippen LogP contribution in [0.4, 0.5) is 0 Å². The molecule has 2 N–H and O–H groups in total. The highest BCUT2D eigenvalue weighted by atomic mass is 35.5. The summed E-state index contributed by atoms with van der Waals surface area (Å²) in [6, 6.07) is 5.38. The van der Waals surface area contributed by atoms with Gasteiger partial charge in [0.05, 0.1) is 19.3 Å². The summed E-state index contributed by atoms with van der Waals surface area (Å²) in [5.74, 6) is 1.49. The Kier molecular flexibility index (Phi) is 8.89. The van der Waals surface area contributed by atoms with E-state index in [9.17, 15) is 4.79 Å². The number of carbonyl (C=O) groups excluding carboxylic acids is 1. The van der Waals surface area contributed by atoms with Crippen molar-refractivity contribution < 1.29 is 14.3 Å². The molecule has 3 rings (SSSR count). The number of likely N-dealkylation sites (tertiary alicyclic amines) is 1. The van der Waals surface area contributed by atoms with Crippen molar-refractivity contribution in [1.29, 1.82) is 0 Å². The Hall–Kier alpha value is -1.94. The molecule has 170 valence electrons. The number of benzene rings is 1. The molecule has 1 amide bonds. The minimum absolute atomic E-state index is 0.0596. The Morgan fingerprint density at radius 1 is 1.39 bits per heavy atom. The van der Waals surface area contributed by atoms with Gasteiger partial charge in [-0.3, -0.25) is 14.8 Å². The van der Waals surface area contributed by atoms with Crippen LogP contribution in [0.2, 0.25) is 5.02 Å². The number of rotatable bonds is 10. The fourth-order valence-corrected chi connectivity index (χ4v) is 4.02. The summed E-state index contributed by atoms with van der Waals surface area (Å²) in [5, 5.41) is 6.88. The summed E-state index contributed by atoms with van der Waals surface area (Å²) in [4.78, 5) is 19.1. The third kappa shape index (κ3) is 6.52. The molecule has 0 radical (unpaired) electrons. The van der Waals surface area contributed by atoms with E-state index in [0.29, 0.717) is 47.8 Å². The Labute approximate surface area is 192 Å². The van der Waals surface area contributed by atoms with Gasteiger partial charge >= 0.3 is 0 Å². The molecule has 0 saturated carbocycles. The molecule has 0 atom stereocenters. The van der Waals surface area contributed by atoms with Crippen LogP contribution in [0.1, 0.15) is 26.2 Å². The van der Waals surface area contributed by atoms with Gasteiger partial charge in [-0.05, 0) is 56.6 Å². The lowest BCUT2D eigenvalue weighted by atomic mass is 9.96. The van der Waals surface area contributed by atoms with E-state index in [2.05, 4.69) is 20.3 Å². The van der Waals surface area contributed by atoms with Crippen molar-refractivity contribution >= 4 is 29.7 Å². The molecule has 0 unspecified atom stereocenters. The maximum Gasteiger partial charge on any atom is 0.223 e. The number of ether oxygens (including phenoxy) is 2. The molecule has 1 aromatic heterocycles. The van der Waals surface area contributed by atoms with E-state index in [-0.39, 0.29) is 11.8 Å². The monoisotopic (exact) mass is 467 g/mol. The third-order valence-corrected chi connectivity index (χ3v) is 5.91. The summed E-state index contributed by atoms with van der Waals surface area (Å²) in [7, 11) is 1.61. The van der Waals surface area contributed by atoms with Gasteiger partial charge in [-0.1, -0.05) is 11.6 Å². The second-order valence-corrected chi connectivity index (χ2v) is 8.30. The average molecular weight is 468 g/mol. The highest BCUT2D eigenvalue weighted by Crippen LogP contribution is 2.30. The van der Waals surface area contributed by atoms with E-state index in [1.807, 2.05) is 11.6 Å². The normalized spacial score (nSPS) is 15.2. The van der Waals surface area contributed by atoms with E-state index in [1.165, 1.54) is 0 Å². The molecular weight excluding hydrogens is 438 g/mol. The number of aromatic amines is 1. The topological polar surface area (TPSA) is 84.4 Å². The molecule has 2 aromatic rings. The Morgan fingerprint density at radius 3 is 2.87 bits per heavy atom. The minimum Gasteiger partial charge on any atom is -0.496 e. The van der Waals surface area contributed by atoms with Gasteiger partial charge in [0.1, 0.15) is 5.75 Å². The molecule has 0 spiro atoms. The van der Waals surface area contributed by atoms with Gasteiger partial charge < -0.3 is 14.8 Å². The van der Waals surface area contributed by atoms with E-state index in [0.717, 1.165) is 37.9 Å². The Balaban J connectivity index is 1.53. The van der Waals surface area contributed by atoms with Crippen LogP contribution in [0.3, 0.4) is 0 Å². The van der Waals surface area contributed by atoms with Gasteiger partial charge in [0.15, 0.2) is 5.82 Å². The second-order valence-electron chi connectivity index (χ2n) is 7.50. The van der Waals surface area contributed by atoms with E-state index >= 15 is 0 Å². The van der Waals surface area contributed by atoms with Gasteiger partial charge in [-0.15, -0.1) is 0 Å². The molecule has 1 aromatic carbocycles. The first-order valence-electron chi connectivity index (χ1n) is 10.6. The smallest absolute Gasteiger partial charge is 0.223 e. The number of piperidine rings is 1. The quantitative estimate of drug-likeness (QED) is 0.411. The molecule has 1 aliphatic rings. The molecule has 1 saturated heterocycles. The van der Waals surface area contributed by atoms with Crippen molar-refractivity contribution in [1.82, 2.24) is 25.0 Å². The summed E-state index contributed by atoms with van der Waals surface area (Å²) in [5.41, 5.74) is 0.763. The van der Waals surface area contributed by atoms with E-state index < -0.39 is 0 Å². The van der Waals surface area contributed by atoms with Crippen molar-refractivity contribution in [3.8, 4) is 17.1 Å². The van der Waals surface area contributed by atoms with Crippen LogP contribution in [-0.4, -0.2) is 65.5 Å². The van der Waals surface area contributed by atoms with Gasteiger partial charge in [0, 0.05) is 43.8 Å². The number of nitrogens with zero attached hydrogens (tertiary/aromatic N) is 3. The minimum atomic E-state index is 0.0596. The summed E-state index contributed by atoms with van der Waals surface area (Å²) < 4.78 is 13.0. The SMILES string of the molecule is CCOCCCNC(=O)C1CCN(Cn2[nH]c(-c3cc(Cl)ccc3OC)nc2=S)CC1. The maximum absolute atomic E-state index is 12.4. The molecule has 8 nitrogen and oxygen atoms in total. The number of hydrogen-bond acceptors (Lipinski definition) is 6. The number of amides is 1. The lowest BCUT2D eigenvalue weighted by Gasteiger charge is -2.31. The van der Waals surface area contributed by atoms with Crippen LogP contribution in [-0.2, 0) is 16.2 Å². The number of methoxy groups -OCH3 is 1. The zero-order chi connectivity index (χ0) is 22.2. The van der Waals surface area contributed by atoms with Gasteiger partial charge in [0.25, 0.3) is 0 Å². The van der Waals surface area contributed by atoms with Crippen molar-refractivity contribution in [3.05, 3.63) is 28.0 Å². The number of halogens is 1. The van der Waals surface area contributed by atoms with Crippen molar-refractivity contribution in [2.24, 2.45) is 5.92 Å². The highest BCUT2D eigenvalue weighted by molar-refractivity contribution is 7.71. The van der Waals surface area contributed by atoms with Gasteiger partial charge in [-0.25, -0.2) is 4.68 Å². The van der Waals surface area contributed by atoms with E-state index in [1.54, 1.807) is 25.3 Å². The van der Waals surface area contributed by atoms with Crippen LogP contribution in [0.15, 0.2) is 18.2 Å². The molecule has 1 aliphatic heterocycles. The molecule has 10 heteroatoms.